The Bertz CT molecular complexity index is 827. The van der Waals surface area contributed by atoms with Crippen molar-refractivity contribution in [3.8, 4) is 11.4 Å². The van der Waals surface area contributed by atoms with E-state index in [4.69, 9.17) is 0 Å². The van der Waals surface area contributed by atoms with Crippen molar-refractivity contribution in [2.24, 2.45) is 0 Å². The smallest absolute Gasteiger partial charge is 0.338 e. The molecule has 0 saturated carbocycles. The zero-order valence-corrected chi connectivity index (χ0v) is 14.0. The largest absolute Gasteiger partial charge is 0.416 e. The van der Waals surface area contributed by atoms with Crippen LogP contribution in [-0.4, -0.2) is 9.97 Å². The van der Waals surface area contributed by atoms with Gasteiger partial charge in [-0.2, -0.15) is 13.2 Å². The van der Waals surface area contributed by atoms with E-state index >= 15 is 0 Å². The first-order chi connectivity index (χ1) is 9.84. The fraction of sp³-hybridized carbons (Fsp3) is 0.0714. The van der Waals surface area contributed by atoms with Crippen LogP contribution in [0.4, 0.5) is 13.2 Å². The monoisotopic (exact) mass is 466 g/mol. The lowest BCUT2D eigenvalue weighted by atomic mass is 10.2. The molecule has 0 radical (unpaired) electrons. The van der Waals surface area contributed by atoms with Gasteiger partial charge < -0.3 is 4.98 Å². The molecule has 3 aromatic rings. The Kier molecular flexibility index (Phi) is 3.73. The quantitative estimate of drug-likeness (QED) is 0.463. The first kappa shape index (κ1) is 14.8. The van der Waals surface area contributed by atoms with Crippen LogP contribution in [-0.2, 0) is 6.18 Å². The highest BCUT2D eigenvalue weighted by Gasteiger charge is 2.30. The van der Waals surface area contributed by atoms with Crippen LogP contribution in [0.2, 0.25) is 0 Å². The highest BCUT2D eigenvalue weighted by Crippen LogP contribution is 2.33. The van der Waals surface area contributed by atoms with Crippen LogP contribution < -0.4 is 0 Å². The standard InChI is InChI=1S/C14H7BrF3IN2/c15-10-3-2-8(19)6-9(10)13-20-11-4-1-7(14(16,17)18)5-12(11)21-13/h1-6H,(H,20,21). The highest BCUT2D eigenvalue weighted by atomic mass is 127. The van der Waals surface area contributed by atoms with Gasteiger partial charge in [0.25, 0.3) is 0 Å². The summed E-state index contributed by atoms with van der Waals surface area (Å²) in [5.41, 5.74) is 0.993. The zero-order chi connectivity index (χ0) is 15.2. The molecule has 1 heterocycles. The van der Waals surface area contributed by atoms with Gasteiger partial charge in [0.15, 0.2) is 0 Å². The number of hydrogen-bond acceptors (Lipinski definition) is 1. The average molecular weight is 467 g/mol. The molecule has 108 valence electrons. The number of fused-ring (bicyclic) bond motifs is 1. The molecule has 0 unspecified atom stereocenters. The number of halogens is 5. The molecule has 1 N–H and O–H groups in total. The SMILES string of the molecule is FC(F)(F)c1ccc2nc(-c3cc(I)ccc3Br)[nH]c2c1. The molecule has 0 fully saturated rings. The van der Waals surface area contributed by atoms with Gasteiger partial charge in [-0.15, -0.1) is 0 Å². The molecule has 0 spiro atoms. The zero-order valence-electron chi connectivity index (χ0n) is 10.3. The van der Waals surface area contributed by atoms with Crippen LogP contribution in [0.25, 0.3) is 22.4 Å². The third kappa shape index (κ3) is 2.94. The first-order valence-corrected chi connectivity index (χ1v) is 7.74. The topological polar surface area (TPSA) is 28.7 Å². The second-order valence-electron chi connectivity index (χ2n) is 4.44. The average Bonchev–Trinajstić information content (AvgIpc) is 2.83. The van der Waals surface area contributed by atoms with Crippen molar-refractivity contribution < 1.29 is 13.2 Å². The van der Waals surface area contributed by atoms with Crippen molar-refractivity contribution in [1.29, 1.82) is 0 Å². The second-order valence-corrected chi connectivity index (χ2v) is 6.54. The fourth-order valence-electron chi connectivity index (χ4n) is 1.99. The molecule has 0 aliphatic rings. The molecule has 21 heavy (non-hydrogen) atoms. The maximum atomic E-state index is 12.7. The highest BCUT2D eigenvalue weighted by molar-refractivity contribution is 14.1. The van der Waals surface area contributed by atoms with Crippen LogP contribution in [0.1, 0.15) is 5.56 Å². The first-order valence-electron chi connectivity index (χ1n) is 5.87. The molecule has 2 nitrogen and oxygen atoms in total. The number of hydrogen-bond donors (Lipinski definition) is 1. The van der Waals surface area contributed by atoms with E-state index in [1.54, 1.807) is 0 Å². The fourth-order valence-corrected chi connectivity index (χ4v) is 2.92. The van der Waals surface area contributed by atoms with E-state index < -0.39 is 11.7 Å². The molecule has 2 aromatic carbocycles. The lowest BCUT2D eigenvalue weighted by Crippen LogP contribution is -2.04. The molecule has 1 aromatic heterocycles. The number of alkyl halides is 3. The van der Waals surface area contributed by atoms with Crippen molar-refractivity contribution in [2.45, 2.75) is 6.18 Å². The van der Waals surface area contributed by atoms with Crippen molar-refractivity contribution in [1.82, 2.24) is 9.97 Å². The molecule has 7 heteroatoms. The van der Waals surface area contributed by atoms with Gasteiger partial charge >= 0.3 is 6.18 Å². The Morgan fingerprint density at radius 2 is 1.86 bits per heavy atom. The molecular weight excluding hydrogens is 460 g/mol. The van der Waals surface area contributed by atoms with Gasteiger partial charge in [0, 0.05) is 13.6 Å². The summed E-state index contributed by atoms with van der Waals surface area (Å²) < 4.78 is 40.0. The summed E-state index contributed by atoms with van der Waals surface area (Å²) in [6.07, 6.45) is -4.36. The summed E-state index contributed by atoms with van der Waals surface area (Å²) in [5, 5.41) is 0. The van der Waals surface area contributed by atoms with Gasteiger partial charge in [0.2, 0.25) is 0 Å². The third-order valence-electron chi connectivity index (χ3n) is 2.99. The summed E-state index contributed by atoms with van der Waals surface area (Å²) in [6.45, 7) is 0. The Morgan fingerprint density at radius 1 is 1.10 bits per heavy atom. The minimum atomic E-state index is -4.36. The van der Waals surface area contributed by atoms with Crippen molar-refractivity contribution in [3.05, 3.63) is 50.0 Å². The number of aromatic amines is 1. The van der Waals surface area contributed by atoms with Crippen molar-refractivity contribution >= 4 is 49.6 Å². The van der Waals surface area contributed by atoms with Crippen molar-refractivity contribution in [2.75, 3.05) is 0 Å². The summed E-state index contributed by atoms with van der Waals surface area (Å²) in [7, 11) is 0. The Labute approximate surface area is 140 Å². The van der Waals surface area contributed by atoms with E-state index in [2.05, 4.69) is 48.5 Å². The Hall–Kier alpha value is -1.09. The number of benzene rings is 2. The minimum absolute atomic E-state index is 0.366. The van der Waals surface area contributed by atoms with Crippen LogP contribution in [0.5, 0.6) is 0 Å². The van der Waals surface area contributed by atoms with Gasteiger partial charge in [-0.05, 0) is 59.0 Å². The maximum Gasteiger partial charge on any atom is 0.416 e. The number of nitrogens with zero attached hydrogens (tertiary/aromatic N) is 1. The molecule has 3 rings (SSSR count). The van der Waals surface area contributed by atoms with Gasteiger partial charge in [0.05, 0.1) is 16.6 Å². The van der Waals surface area contributed by atoms with Crippen LogP contribution in [0.15, 0.2) is 40.9 Å². The summed E-state index contributed by atoms with van der Waals surface area (Å²) in [5.74, 6) is 0.537. The van der Waals surface area contributed by atoms with Gasteiger partial charge in [-0.1, -0.05) is 15.9 Å². The minimum Gasteiger partial charge on any atom is -0.338 e. The molecule has 0 amide bonds. The molecule has 0 aliphatic heterocycles. The predicted octanol–water partition coefficient (Wildman–Crippen LogP) is 5.62. The lowest BCUT2D eigenvalue weighted by molar-refractivity contribution is -0.137. The number of H-pyrrole nitrogens is 1. The van der Waals surface area contributed by atoms with Crippen molar-refractivity contribution in [3.63, 3.8) is 0 Å². The second kappa shape index (κ2) is 5.28. The lowest BCUT2D eigenvalue weighted by Gasteiger charge is -2.05. The number of rotatable bonds is 1. The normalized spacial score (nSPS) is 12.0. The molecule has 0 atom stereocenters. The van der Waals surface area contributed by atoms with E-state index in [-0.39, 0.29) is 0 Å². The van der Waals surface area contributed by atoms with Crippen LogP contribution in [0, 0.1) is 3.57 Å². The number of imidazole rings is 1. The van der Waals surface area contributed by atoms with Gasteiger partial charge in [0.1, 0.15) is 5.82 Å². The van der Waals surface area contributed by atoms with E-state index in [1.807, 2.05) is 18.2 Å². The summed E-state index contributed by atoms with van der Waals surface area (Å²) >= 11 is 5.60. The molecular formula is C14H7BrF3IN2. The Balaban J connectivity index is 2.15. The van der Waals surface area contributed by atoms with E-state index in [1.165, 1.54) is 6.07 Å². The summed E-state index contributed by atoms with van der Waals surface area (Å²) in [6, 6.07) is 9.21. The van der Waals surface area contributed by atoms with E-state index in [9.17, 15) is 13.2 Å². The Morgan fingerprint density at radius 3 is 2.57 bits per heavy atom. The molecule has 0 bridgehead atoms. The van der Waals surface area contributed by atoms with Crippen LogP contribution in [0.3, 0.4) is 0 Å². The maximum absolute atomic E-state index is 12.7. The molecule has 0 aliphatic carbocycles. The van der Waals surface area contributed by atoms with E-state index in [0.29, 0.717) is 16.9 Å². The number of aromatic nitrogens is 2. The predicted molar refractivity (Wildman–Crippen MR) is 86.9 cm³/mol. The van der Waals surface area contributed by atoms with Gasteiger partial charge in [-0.3, -0.25) is 0 Å². The van der Waals surface area contributed by atoms with Crippen LogP contribution >= 0.6 is 38.5 Å². The number of nitrogens with one attached hydrogen (secondary N) is 1. The van der Waals surface area contributed by atoms with E-state index in [0.717, 1.165) is 25.7 Å². The summed E-state index contributed by atoms with van der Waals surface area (Å²) in [4.78, 5) is 7.30. The third-order valence-corrected chi connectivity index (χ3v) is 4.36. The molecule has 0 saturated heterocycles. The van der Waals surface area contributed by atoms with Gasteiger partial charge in [-0.25, -0.2) is 4.98 Å².